The minimum Gasteiger partial charge on any atom is -0.481 e. The third kappa shape index (κ3) is 26.0. The highest BCUT2D eigenvalue weighted by atomic mass is 16.5. The molecule has 0 radical (unpaired) electrons. The number of rotatable bonds is 8. The van der Waals surface area contributed by atoms with Gasteiger partial charge in [0.2, 0.25) is 0 Å². The van der Waals surface area contributed by atoms with Gasteiger partial charge in [-0.1, -0.05) is 0 Å². The monoisotopic (exact) mass is 408 g/mol. The molecule has 1 heterocycles. The second kappa shape index (κ2) is 21.1. The van der Waals surface area contributed by atoms with E-state index in [0.29, 0.717) is 26.1 Å². The van der Waals surface area contributed by atoms with E-state index >= 15 is 0 Å². The van der Waals surface area contributed by atoms with Crippen molar-refractivity contribution in [2.24, 2.45) is 0 Å². The molecule has 0 aliphatic carbocycles. The van der Waals surface area contributed by atoms with Crippen molar-refractivity contribution in [3.63, 3.8) is 0 Å². The molecule has 28 heavy (non-hydrogen) atoms. The molecule has 1 fully saturated rings. The molecule has 164 valence electrons. The van der Waals surface area contributed by atoms with Crippen molar-refractivity contribution in [2.75, 3.05) is 26.4 Å². The largest absolute Gasteiger partial charge is 0.481 e. The summed E-state index contributed by atoms with van der Waals surface area (Å²) in [4.78, 5) is 41.4. The van der Waals surface area contributed by atoms with Crippen molar-refractivity contribution in [2.45, 2.75) is 64.2 Å². The van der Waals surface area contributed by atoms with E-state index in [4.69, 9.17) is 29.9 Å². The van der Waals surface area contributed by atoms with Crippen molar-refractivity contribution in [1.82, 2.24) is 0 Å². The van der Waals surface area contributed by atoms with Gasteiger partial charge in [-0.3, -0.25) is 19.2 Å². The highest BCUT2D eigenvalue weighted by Crippen LogP contribution is 2.02. The number of esters is 2. The summed E-state index contributed by atoms with van der Waals surface area (Å²) in [6, 6.07) is 0. The lowest BCUT2D eigenvalue weighted by Crippen LogP contribution is -2.14. The van der Waals surface area contributed by atoms with Crippen LogP contribution in [0, 0.1) is 0 Å². The van der Waals surface area contributed by atoms with Gasteiger partial charge in [-0.15, -0.1) is 0 Å². The Hall–Kier alpha value is -2.20. The number of carboxylic acid groups (broad SMARTS) is 2. The predicted octanol–water partition coefficient (Wildman–Crippen LogP) is 1.11. The molecule has 4 N–H and O–H groups in total. The summed E-state index contributed by atoms with van der Waals surface area (Å²) in [5, 5.41) is 32.4. The van der Waals surface area contributed by atoms with E-state index in [0.717, 1.165) is 25.7 Å². The zero-order chi connectivity index (χ0) is 21.6. The predicted molar refractivity (Wildman–Crippen MR) is 97.5 cm³/mol. The van der Waals surface area contributed by atoms with Crippen LogP contribution in [0.15, 0.2) is 0 Å². The van der Waals surface area contributed by atoms with Crippen LogP contribution in [0.2, 0.25) is 0 Å². The Bertz CT molecular complexity index is 396. The summed E-state index contributed by atoms with van der Waals surface area (Å²) in [5.41, 5.74) is 0. The van der Waals surface area contributed by atoms with E-state index < -0.39 is 11.9 Å². The van der Waals surface area contributed by atoms with Crippen LogP contribution in [-0.2, 0) is 28.7 Å². The fourth-order valence-corrected chi connectivity index (χ4v) is 1.70. The van der Waals surface area contributed by atoms with E-state index in [-0.39, 0.29) is 50.8 Å². The summed E-state index contributed by atoms with van der Waals surface area (Å²) in [5.74, 6) is -2.36. The number of aliphatic carboxylic acids is 2. The summed E-state index contributed by atoms with van der Waals surface area (Å²) < 4.78 is 9.64. The Kier molecular flexibility index (Phi) is 21.1. The number of ether oxygens (including phenoxy) is 2. The van der Waals surface area contributed by atoms with Gasteiger partial charge < -0.3 is 29.9 Å². The van der Waals surface area contributed by atoms with Crippen molar-refractivity contribution in [3.8, 4) is 0 Å². The molecule has 0 aromatic carbocycles. The Balaban J connectivity index is 0. The molecule has 10 heteroatoms. The van der Waals surface area contributed by atoms with Crippen molar-refractivity contribution in [1.29, 1.82) is 0 Å². The summed E-state index contributed by atoms with van der Waals surface area (Å²) in [6.07, 6.45) is 4.26. The molecule has 0 bridgehead atoms. The second-order valence-electron chi connectivity index (χ2n) is 5.80. The van der Waals surface area contributed by atoms with Crippen LogP contribution >= 0.6 is 0 Å². The first-order valence-electron chi connectivity index (χ1n) is 9.30. The van der Waals surface area contributed by atoms with Crippen LogP contribution in [-0.4, -0.2) is 70.7 Å². The zero-order valence-corrected chi connectivity index (χ0v) is 16.1. The van der Waals surface area contributed by atoms with E-state index in [1.54, 1.807) is 0 Å². The maximum absolute atomic E-state index is 10.8. The topological polar surface area (TPSA) is 168 Å². The Morgan fingerprint density at radius 3 is 1.36 bits per heavy atom. The minimum atomic E-state index is -0.870. The summed E-state index contributed by atoms with van der Waals surface area (Å²) >= 11 is 0. The molecular formula is C18H32O10. The number of cyclic esters (lactones) is 2. The van der Waals surface area contributed by atoms with Gasteiger partial charge >= 0.3 is 23.9 Å². The van der Waals surface area contributed by atoms with Crippen molar-refractivity contribution >= 4 is 23.9 Å². The molecule has 1 saturated heterocycles. The van der Waals surface area contributed by atoms with Gasteiger partial charge in [-0.2, -0.15) is 0 Å². The van der Waals surface area contributed by atoms with Gasteiger partial charge in [-0.25, -0.2) is 0 Å². The lowest BCUT2D eigenvalue weighted by Gasteiger charge is -2.08. The Morgan fingerprint density at radius 1 is 0.714 bits per heavy atom. The molecule has 0 atom stereocenters. The number of aliphatic hydroxyl groups excluding tert-OH is 2. The molecule has 1 aliphatic rings. The number of carboxylic acids is 2. The maximum atomic E-state index is 10.8. The fraction of sp³-hybridized carbons (Fsp3) is 0.778. The molecule has 1 aliphatic heterocycles. The molecule has 0 aromatic heterocycles. The SMILES string of the molecule is O=C(O)CCCCC(=O)O.O=C1CCC(=O)OCCCCO1.OCCCCO. The van der Waals surface area contributed by atoms with Gasteiger partial charge in [0.05, 0.1) is 26.1 Å². The van der Waals surface area contributed by atoms with Crippen LogP contribution in [0.4, 0.5) is 0 Å². The molecule has 10 nitrogen and oxygen atoms in total. The van der Waals surface area contributed by atoms with Gasteiger partial charge in [0, 0.05) is 26.1 Å². The lowest BCUT2D eigenvalue weighted by molar-refractivity contribution is -0.152. The van der Waals surface area contributed by atoms with Crippen LogP contribution < -0.4 is 0 Å². The van der Waals surface area contributed by atoms with Crippen LogP contribution in [0.3, 0.4) is 0 Å². The smallest absolute Gasteiger partial charge is 0.306 e. The average Bonchev–Trinajstić information content (AvgIpc) is 2.65. The normalized spacial score (nSPS) is 14.2. The standard InChI is InChI=1S/C8H12O4.C6H10O4.C4H10O2/c9-7-3-4-8(10)12-6-2-1-5-11-7;7-5(8)3-1-2-4-6(9)10;5-3-1-2-4-6/h1-6H2;1-4H2,(H,7,8)(H,9,10);5-6H,1-4H2. The molecule has 0 spiro atoms. The molecule has 0 amide bonds. The number of hydrogen-bond donors (Lipinski definition) is 4. The zero-order valence-electron chi connectivity index (χ0n) is 16.1. The van der Waals surface area contributed by atoms with E-state index in [2.05, 4.69) is 0 Å². The van der Waals surface area contributed by atoms with E-state index in [1.807, 2.05) is 0 Å². The number of aliphatic hydroxyl groups is 2. The van der Waals surface area contributed by atoms with Gasteiger partial charge in [0.1, 0.15) is 0 Å². The van der Waals surface area contributed by atoms with Gasteiger partial charge in [0.25, 0.3) is 0 Å². The molecule has 0 saturated carbocycles. The first-order valence-corrected chi connectivity index (χ1v) is 9.30. The van der Waals surface area contributed by atoms with Crippen molar-refractivity contribution in [3.05, 3.63) is 0 Å². The third-order valence-electron chi connectivity index (χ3n) is 3.20. The number of carbonyl (C=O) groups excluding carboxylic acids is 2. The van der Waals surface area contributed by atoms with Crippen LogP contribution in [0.25, 0.3) is 0 Å². The Morgan fingerprint density at radius 2 is 1.07 bits per heavy atom. The average molecular weight is 408 g/mol. The van der Waals surface area contributed by atoms with Gasteiger partial charge in [0.15, 0.2) is 0 Å². The molecule has 1 rings (SSSR count). The Labute approximate surface area is 164 Å². The maximum Gasteiger partial charge on any atom is 0.306 e. The number of unbranched alkanes of at least 4 members (excludes halogenated alkanes) is 2. The van der Waals surface area contributed by atoms with E-state index in [1.165, 1.54) is 0 Å². The number of hydrogen-bond acceptors (Lipinski definition) is 8. The minimum absolute atomic E-state index is 0.0628. The second-order valence-corrected chi connectivity index (χ2v) is 5.80. The highest BCUT2D eigenvalue weighted by molar-refractivity contribution is 5.77. The fourth-order valence-electron chi connectivity index (χ4n) is 1.70. The van der Waals surface area contributed by atoms with Crippen molar-refractivity contribution < 1.29 is 49.1 Å². The summed E-state index contributed by atoms with van der Waals surface area (Å²) in [6.45, 7) is 1.27. The number of carbonyl (C=O) groups is 4. The van der Waals surface area contributed by atoms with Gasteiger partial charge in [-0.05, 0) is 38.5 Å². The molecule has 0 aromatic rings. The van der Waals surface area contributed by atoms with Crippen LogP contribution in [0.5, 0.6) is 0 Å². The molecule has 0 unspecified atom stereocenters. The quantitative estimate of drug-likeness (QED) is 0.337. The lowest BCUT2D eigenvalue weighted by atomic mass is 10.2. The van der Waals surface area contributed by atoms with E-state index in [9.17, 15) is 19.2 Å². The first kappa shape index (κ1) is 28.0. The summed E-state index contributed by atoms with van der Waals surface area (Å²) in [7, 11) is 0. The third-order valence-corrected chi connectivity index (χ3v) is 3.20. The molecular weight excluding hydrogens is 376 g/mol. The highest BCUT2D eigenvalue weighted by Gasteiger charge is 2.10. The van der Waals surface area contributed by atoms with Crippen LogP contribution in [0.1, 0.15) is 64.2 Å². The first-order chi connectivity index (χ1) is 13.3.